The third kappa shape index (κ3) is 18.9. The molecule has 15 heterocycles. The third-order valence-electron chi connectivity index (χ3n) is 19.9. The first kappa shape index (κ1) is 92.1. The Kier molecular flexibility index (Phi) is 27.9. The number of hydrogen-bond acceptors (Lipinski definition) is 46. The second-order valence-electron chi connectivity index (χ2n) is 27.7. The predicted octanol–water partition coefficient (Wildman–Crippen LogP) is -7.33. The van der Waals surface area contributed by atoms with Gasteiger partial charge in [0.05, 0.1) is 58.6 Å². The van der Waals surface area contributed by atoms with Gasteiger partial charge in [-0.2, -0.15) is 15.0 Å². The largest absolute Gasteiger partial charge is 0.472 e. The number of phosphoric ester groups is 3. The number of aryl methyl sites for hydroxylation is 3. The van der Waals surface area contributed by atoms with Crippen molar-refractivity contribution in [2.75, 3.05) is 85.3 Å². The van der Waals surface area contributed by atoms with Crippen molar-refractivity contribution in [2.24, 2.45) is 0 Å². The first-order valence-corrected chi connectivity index (χ1v) is 40.9. The Bertz CT molecular complexity index is 5870. The average Bonchev–Trinajstić information content (AvgIpc) is 1.61. The molecular weight excluding hydrogens is 1740 g/mol. The van der Waals surface area contributed by atoms with Gasteiger partial charge in [0.2, 0.25) is 17.8 Å². The van der Waals surface area contributed by atoms with Gasteiger partial charge in [0, 0.05) is 28.4 Å². The zero-order valence-corrected chi connectivity index (χ0v) is 67.9. The van der Waals surface area contributed by atoms with E-state index in [1.54, 1.807) is 13.8 Å². The van der Waals surface area contributed by atoms with Crippen LogP contribution in [-0.4, -0.2) is 326 Å². The van der Waals surface area contributed by atoms with Crippen LogP contribution in [0.1, 0.15) is 54.8 Å². The summed E-state index contributed by atoms with van der Waals surface area (Å²) in [6.45, 7) is 0.247. The number of phosphoric acid groups is 3. The van der Waals surface area contributed by atoms with Crippen molar-refractivity contribution in [3.8, 4) is 0 Å². The summed E-state index contributed by atoms with van der Waals surface area (Å²) in [5, 5.41) is 61.3. The summed E-state index contributed by atoms with van der Waals surface area (Å²) in [6, 6.07) is 0. The van der Waals surface area contributed by atoms with Crippen LogP contribution < -0.4 is 50.9 Å². The van der Waals surface area contributed by atoms with Gasteiger partial charge in [-0.05, 0) is 20.8 Å². The first-order valence-electron chi connectivity index (χ1n) is 36.4. The molecule has 0 saturated carbocycles. The monoisotopic (exact) mass is 1820 g/mol. The summed E-state index contributed by atoms with van der Waals surface area (Å²) in [5.74, 6) is -0.0857. The average molecular weight is 1830 g/mol. The Hall–Kier alpha value is -9.57. The molecule has 9 aromatic rings. The van der Waals surface area contributed by atoms with Crippen LogP contribution in [0, 0.1) is 20.8 Å². The van der Waals surface area contributed by atoms with E-state index in [-0.39, 0.29) is 57.2 Å². The van der Waals surface area contributed by atoms with Gasteiger partial charge in [-0.3, -0.25) is 68.9 Å². The number of alkyl halides is 2. The molecule has 6 aliphatic heterocycles. The zero-order chi connectivity index (χ0) is 89.6. The molecule has 6 saturated heterocycles. The lowest BCUT2D eigenvalue weighted by atomic mass is 10.1. The quantitative estimate of drug-likeness (QED) is 0.0203. The number of nitrogens with two attached hydrogens (primary N) is 3. The smallest absolute Gasteiger partial charge is 0.394 e. The predicted molar refractivity (Wildman–Crippen MR) is 398 cm³/mol. The molecule has 9 aromatic heterocycles. The molecule has 124 heavy (non-hydrogen) atoms. The molecule has 6 aliphatic rings. The second kappa shape index (κ2) is 37.5. The van der Waals surface area contributed by atoms with Crippen LogP contribution in [0.4, 0.5) is 26.6 Å². The second-order valence-corrected chi connectivity index (χ2v) is 32.0. The molecule has 0 aromatic carbocycles. The van der Waals surface area contributed by atoms with Crippen LogP contribution in [0.5, 0.6) is 0 Å². The molecule has 0 radical (unpaired) electrons. The standard InChI is InChI=1S/2C21H29N8O12P.C19H23F2N8O10P/c1-8-25-16-11(17(32)26-8)23-6-28(16)19-15(37-3)13(9(4-30)39-19)41-42(34,35)38-5-10-12(31)14(36-2)18(40-10)29-7-24-20(22)27-21(29)33;1-8-25-16-11(17(32)26-8)23-6-28(16)18-14(36-2)12(31)10(40-18)5-38-42(34,35)41-13-9(4-30)39-19(15(13)37-3)29-7-24-20(22)27-21(29)33;1-6-25-14-11(15(32)26-6)23-4-28(14)16-9(20)12(31)8(38-16)3-36-40(34,35)39-13-7(2-30)37-17(10(13)21)29-5-24-18(22)27-19(29)33/h2*6-7,9-10,12-15,18-19,30-31H,4-5H2,1-3H3,(H,34,35)(H2,22,27,33)(H,25,26,32);4-5,7-10,12-13,16-17,30-31H,2-3H2,1H3,(H,34,35)(H2,22,27,33)(H,25,26,32)/t2*9-,10-,12+,13+,14?,15?,18-,19-;7-,8-,9?,10?,12+,13+,16-,17-/m111/s1. The number of hydrogen-bond donors (Lipinski definition) is 15. The molecule has 15 rings (SSSR count). The lowest BCUT2D eigenvalue weighted by Gasteiger charge is -2.25. The molecular formula is C61H81F2N24O34P3. The van der Waals surface area contributed by atoms with Crippen LogP contribution in [0.15, 0.2) is 66.7 Å². The molecule has 27 atom stereocenters. The number of rotatable bonds is 28. The van der Waals surface area contributed by atoms with E-state index in [0.29, 0.717) is 16.2 Å². The number of aliphatic hydroxyl groups excluding tert-OH is 6. The number of nitrogens with one attached hydrogen (secondary N) is 3. The van der Waals surface area contributed by atoms with Crippen molar-refractivity contribution in [1.82, 2.24) is 102 Å². The van der Waals surface area contributed by atoms with Gasteiger partial charge in [0.25, 0.3) is 16.7 Å². The van der Waals surface area contributed by atoms with Crippen LogP contribution >= 0.6 is 23.5 Å². The minimum absolute atomic E-state index is 0.0238. The summed E-state index contributed by atoms with van der Waals surface area (Å²) in [5.41, 5.74) is 12.2. The number of fused-ring (bicyclic) bond motifs is 3. The molecule has 678 valence electrons. The van der Waals surface area contributed by atoms with Crippen molar-refractivity contribution in [3.63, 3.8) is 0 Å². The van der Waals surface area contributed by atoms with E-state index in [9.17, 15) is 92.2 Å². The van der Waals surface area contributed by atoms with Crippen molar-refractivity contribution in [3.05, 3.63) is 118 Å². The Labute approximate surface area is 688 Å². The van der Waals surface area contributed by atoms with E-state index in [1.165, 1.54) is 57.2 Å². The number of aromatic nitrogens is 21. The highest BCUT2D eigenvalue weighted by atomic mass is 31.2. The fourth-order valence-electron chi connectivity index (χ4n) is 14.2. The van der Waals surface area contributed by atoms with E-state index in [1.807, 2.05) is 0 Å². The van der Waals surface area contributed by atoms with E-state index in [0.717, 1.165) is 39.0 Å². The molecule has 63 heteroatoms. The SMILES string of the molecule is COC1[C@@H](O)[C@@H](COP(=O)(O)O[C@@H]2C(OC)[C@H](n3cnc4c(=O)[nH]c(C)nc43)O[C@@H]2CO)O[C@H]1n1cnc(N)nc1=O.COC1[C@@H](OP(=O)(O)OC[C@H]2O[C@@H](n3cnc4c(=O)[nH]c(C)nc43)C(OC)[C@H]2O)[C@@H](CO)O[C@H]1n1cnc(N)nc1=O.Cc1nc2c(ncn2[C@@H]2O[C@H](COP(=O)(O)O[C@@H]3C(F)[C@H](n4cnc(N)nc4=O)O[C@@H]3CO)[C@H](O)C2F)c(=O)[nH]1. The molecule has 0 bridgehead atoms. The van der Waals surface area contributed by atoms with Crippen LogP contribution in [0.25, 0.3) is 33.5 Å². The van der Waals surface area contributed by atoms with Crippen molar-refractivity contribution < 1.29 is 142 Å². The maximum Gasteiger partial charge on any atom is 0.472 e. The highest BCUT2D eigenvalue weighted by Gasteiger charge is 2.56. The Morgan fingerprint density at radius 2 is 0.645 bits per heavy atom. The zero-order valence-electron chi connectivity index (χ0n) is 65.2. The van der Waals surface area contributed by atoms with Gasteiger partial charge < -0.3 is 125 Å². The summed E-state index contributed by atoms with van der Waals surface area (Å²) in [4.78, 5) is 158. The number of anilines is 3. The van der Waals surface area contributed by atoms with Crippen LogP contribution in [0.3, 0.4) is 0 Å². The van der Waals surface area contributed by atoms with Gasteiger partial charge in [0.15, 0.2) is 83.2 Å². The van der Waals surface area contributed by atoms with Crippen molar-refractivity contribution >= 4 is 74.8 Å². The number of nitrogen functional groups attached to an aromatic ring is 3. The molecule has 6 fully saturated rings. The molecule has 0 aliphatic carbocycles. The highest BCUT2D eigenvalue weighted by Crippen LogP contribution is 2.53. The normalized spacial score (nSPS) is 31.4. The number of ether oxygens (including phenoxy) is 10. The summed E-state index contributed by atoms with van der Waals surface area (Å²) < 4.78 is 161. The van der Waals surface area contributed by atoms with Gasteiger partial charge in [-0.25, -0.2) is 81.7 Å². The molecule has 18 N–H and O–H groups in total. The Balaban J connectivity index is 0.000000160. The Morgan fingerprint density at radius 1 is 0.379 bits per heavy atom. The summed E-state index contributed by atoms with van der Waals surface area (Å²) in [6.07, 6.45) is -27.1. The van der Waals surface area contributed by atoms with Crippen LogP contribution in [0.2, 0.25) is 0 Å². The lowest BCUT2D eigenvalue weighted by molar-refractivity contribution is -0.0665. The van der Waals surface area contributed by atoms with E-state index < -0.39 is 244 Å². The van der Waals surface area contributed by atoms with Crippen molar-refractivity contribution in [1.29, 1.82) is 0 Å². The van der Waals surface area contributed by atoms with Gasteiger partial charge in [-0.15, -0.1) is 0 Å². The Morgan fingerprint density at radius 3 is 0.992 bits per heavy atom. The summed E-state index contributed by atoms with van der Waals surface area (Å²) >= 11 is 0. The number of imidazole rings is 3. The number of halogens is 2. The minimum Gasteiger partial charge on any atom is -0.394 e. The maximum atomic E-state index is 15.2. The maximum absolute atomic E-state index is 15.2. The topological polar surface area (TPSA) is 793 Å². The summed E-state index contributed by atoms with van der Waals surface area (Å²) in [7, 11) is -9.91. The molecule has 0 amide bonds. The number of aliphatic hydroxyl groups is 6. The third-order valence-corrected chi connectivity index (χ3v) is 22.8. The number of H-pyrrole nitrogens is 3. The van der Waals surface area contributed by atoms with E-state index in [4.69, 9.17) is 91.7 Å². The van der Waals surface area contributed by atoms with Crippen LogP contribution in [-0.2, 0) is 88.2 Å². The molecule has 0 spiro atoms. The van der Waals surface area contributed by atoms with Gasteiger partial charge in [0.1, 0.15) is 134 Å². The number of nitrogens with zero attached hydrogens (tertiary/aromatic N) is 18. The lowest BCUT2D eigenvalue weighted by Crippen LogP contribution is -2.39. The fourth-order valence-corrected chi connectivity index (χ4v) is 17.0. The number of aromatic amines is 3. The van der Waals surface area contributed by atoms with Gasteiger partial charge >= 0.3 is 40.5 Å². The van der Waals surface area contributed by atoms with Crippen molar-refractivity contribution in [2.45, 2.75) is 168 Å². The van der Waals surface area contributed by atoms with E-state index >= 15 is 4.39 Å². The fraction of sp³-hybridized carbons (Fsp3) is 0.607. The van der Waals surface area contributed by atoms with Gasteiger partial charge in [-0.1, -0.05) is 0 Å². The molecule has 9 unspecified atom stereocenters. The minimum atomic E-state index is -5.16. The molecule has 58 nitrogen and oxygen atoms in total. The first-order chi connectivity index (χ1) is 58.8. The highest BCUT2D eigenvalue weighted by molar-refractivity contribution is 7.48. The van der Waals surface area contributed by atoms with E-state index in [2.05, 4.69) is 74.8 Å². The number of methoxy groups -OCH3 is 4.